The molecule has 0 radical (unpaired) electrons. The van der Waals surface area contributed by atoms with Crippen LogP contribution in [0.25, 0.3) is 17.2 Å². The number of nitrogens with one attached hydrogen (secondary N) is 2. The number of benzene rings is 2. The first-order valence-corrected chi connectivity index (χ1v) is 7.87. The topological polar surface area (TPSA) is 84.2 Å². The lowest BCUT2D eigenvalue weighted by Gasteiger charge is -2.05. The minimum atomic E-state index is -0.281. The largest absolute Gasteiger partial charge is 0.437 e. The highest BCUT2D eigenvalue weighted by molar-refractivity contribution is 5.94. The molecule has 0 aliphatic carbocycles. The Balaban J connectivity index is 1.42. The Kier molecular flexibility index (Phi) is 5.21. The molecule has 0 saturated carbocycles. The van der Waals surface area contributed by atoms with Gasteiger partial charge in [0.2, 0.25) is 11.8 Å². The van der Waals surface area contributed by atoms with Crippen molar-refractivity contribution in [1.29, 1.82) is 0 Å². The van der Waals surface area contributed by atoms with Crippen LogP contribution in [0.2, 0.25) is 0 Å². The lowest BCUT2D eigenvalue weighted by Crippen LogP contribution is -2.33. The van der Waals surface area contributed by atoms with E-state index >= 15 is 0 Å². The van der Waals surface area contributed by atoms with Crippen molar-refractivity contribution >= 4 is 29.0 Å². The van der Waals surface area contributed by atoms with Crippen LogP contribution in [0.15, 0.2) is 65.1 Å². The van der Waals surface area contributed by atoms with E-state index in [-0.39, 0.29) is 11.8 Å². The number of amides is 2. The third-order valence-electron chi connectivity index (χ3n) is 3.43. The predicted molar refractivity (Wildman–Crippen MR) is 94.8 cm³/mol. The summed E-state index contributed by atoms with van der Waals surface area (Å²) in [6, 6.07) is 16.3. The van der Waals surface area contributed by atoms with E-state index in [0.717, 1.165) is 5.52 Å². The normalized spacial score (nSPS) is 10.9. The van der Waals surface area contributed by atoms with Crippen molar-refractivity contribution in [3.8, 4) is 0 Å². The molecule has 0 aliphatic rings. The highest BCUT2D eigenvalue weighted by atomic mass is 16.3. The first-order chi connectivity index (χ1) is 12.2. The van der Waals surface area contributed by atoms with E-state index in [4.69, 9.17) is 4.42 Å². The van der Waals surface area contributed by atoms with E-state index in [0.29, 0.717) is 30.1 Å². The van der Waals surface area contributed by atoms with Crippen LogP contribution in [-0.4, -0.2) is 29.9 Å². The molecule has 0 atom stereocenters. The smallest absolute Gasteiger partial charge is 0.251 e. The summed E-state index contributed by atoms with van der Waals surface area (Å²) in [4.78, 5) is 27.8. The monoisotopic (exact) mass is 335 g/mol. The molecule has 6 nitrogen and oxygen atoms in total. The Morgan fingerprint density at radius 2 is 1.68 bits per heavy atom. The van der Waals surface area contributed by atoms with Crippen LogP contribution < -0.4 is 10.6 Å². The summed E-state index contributed by atoms with van der Waals surface area (Å²) >= 11 is 0. The first-order valence-electron chi connectivity index (χ1n) is 7.87. The third kappa shape index (κ3) is 4.54. The van der Waals surface area contributed by atoms with Crippen LogP contribution in [0, 0.1) is 0 Å². The van der Waals surface area contributed by atoms with E-state index in [1.165, 1.54) is 12.2 Å². The molecule has 126 valence electrons. The van der Waals surface area contributed by atoms with Gasteiger partial charge in [-0.05, 0) is 24.3 Å². The number of fused-ring (bicyclic) bond motifs is 1. The predicted octanol–water partition coefficient (Wildman–Crippen LogP) is 2.39. The number of oxazole rings is 1. The van der Waals surface area contributed by atoms with Crippen molar-refractivity contribution in [2.45, 2.75) is 0 Å². The fraction of sp³-hybridized carbons (Fsp3) is 0.105. The molecule has 0 aliphatic heterocycles. The van der Waals surface area contributed by atoms with Crippen molar-refractivity contribution in [2.75, 3.05) is 13.1 Å². The Morgan fingerprint density at radius 1 is 0.960 bits per heavy atom. The Hall–Kier alpha value is -3.41. The molecule has 3 rings (SSSR count). The fourth-order valence-corrected chi connectivity index (χ4v) is 2.22. The van der Waals surface area contributed by atoms with Crippen molar-refractivity contribution in [3.05, 3.63) is 72.1 Å². The van der Waals surface area contributed by atoms with Crippen molar-refractivity contribution < 1.29 is 14.0 Å². The van der Waals surface area contributed by atoms with Crippen molar-refractivity contribution in [1.82, 2.24) is 15.6 Å². The summed E-state index contributed by atoms with van der Waals surface area (Å²) in [7, 11) is 0. The van der Waals surface area contributed by atoms with E-state index in [1.807, 2.05) is 30.3 Å². The molecule has 2 N–H and O–H groups in total. The molecule has 3 aromatic rings. The summed E-state index contributed by atoms with van der Waals surface area (Å²) in [6.45, 7) is 0.672. The lowest BCUT2D eigenvalue weighted by atomic mass is 10.2. The van der Waals surface area contributed by atoms with Gasteiger partial charge in [-0.2, -0.15) is 0 Å². The average molecular weight is 335 g/mol. The molecule has 0 fully saturated rings. The molecule has 1 heterocycles. The third-order valence-corrected chi connectivity index (χ3v) is 3.43. The summed E-state index contributed by atoms with van der Waals surface area (Å²) in [6.07, 6.45) is 2.86. The van der Waals surface area contributed by atoms with Gasteiger partial charge in [-0.25, -0.2) is 4.98 Å². The SMILES string of the molecule is O=C(/C=C/c1nc2ccccc2o1)NCCNC(=O)c1ccccc1. The van der Waals surface area contributed by atoms with Crippen LogP contribution >= 0.6 is 0 Å². The maximum atomic E-state index is 11.8. The standard InChI is InChI=1S/C19H17N3O3/c23-17(10-11-18-22-15-8-4-5-9-16(15)25-18)20-12-13-21-19(24)14-6-2-1-3-7-14/h1-11H,12-13H2,(H,20,23)(H,21,24)/b11-10+. The highest BCUT2D eigenvalue weighted by Gasteiger charge is 2.04. The zero-order chi connectivity index (χ0) is 17.5. The van der Waals surface area contributed by atoms with Gasteiger partial charge >= 0.3 is 0 Å². The van der Waals surface area contributed by atoms with Crippen molar-refractivity contribution in [2.24, 2.45) is 0 Å². The molecule has 25 heavy (non-hydrogen) atoms. The Bertz CT molecular complexity index is 867. The number of rotatable bonds is 6. The molecule has 6 heteroatoms. The van der Waals surface area contributed by atoms with Gasteiger partial charge in [0.1, 0.15) is 5.52 Å². The van der Waals surface area contributed by atoms with Gasteiger partial charge < -0.3 is 15.1 Å². The molecular formula is C19H17N3O3. The molecule has 2 aromatic carbocycles. The highest BCUT2D eigenvalue weighted by Crippen LogP contribution is 2.15. The van der Waals surface area contributed by atoms with Crippen LogP contribution in [-0.2, 0) is 4.79 Å². The summed E-state index contributed by atoms with van der Waals surface area (Å²) in [5, 5.41) is 5.42. The van der Waals surface area contributed by atoms with Gasteiger partial charge in [0.05, 0.1) is 0 Å². The van der Waals surface area contributed by atoms with Gasteiger partial charge in [0.25, 0.3) is 5.91 Å². The molecule has 0 spiro atoms. The number of carbonyl (C=O) groups is 2. The minimum absolute atomic E-state index is 0.170. The average Bonchev–Trinajstić information content (AvgIpc) is 3.07. The summed E-state index contributed by atoms with van der Waals surface area (Å²) < 4.78 is 5.49. The minimum Gasteiger partial charge on any atom is -0.437 e. The maximum absolute atomic E-state index is 11.8. The van der Waals surface area contributed by atoms with Crippen molar-refractivity contribution in [3.63, 3.8) is 0 Å². The molecule has 0 saturated heterocycles. The number of hydrogen-bond donors (Lipinski definition) is 2. The second-order valence-corrected chi connectivity index (χ2v) is 5.27. The van der Waals surface area contributed by atoms with Gasteiger partial charge in [-0.3, -0.25) is 9.59 Å². The Morgan fingerprint density at radius 3 is 2.48 bits per heavy atom. The van der Waals surface area contributed by atoms with Crippen LogP contribution in [0.4, 0.5) is 0 Å². The second kappa shape index (κ2) is 7.92. The maximum Gasteiger partial charge on any atom is 0.251 e. The van der Waals surface area contributed by atoms with Gasteiger partial charge in [-0.15, -0.1) is 0 Å². The number of carbonyl (C=O) groups excluding carboxylic acids is 2. The van der Waals surface area contributed by atoms with E-state index in [1.54, 1.807) is 24.3 Å². The number of aromatic nitrogens is 1. The molecule has 0 bridgehead atoms. The Labute approximate surface area is 144 Å². The van der Waals surface area contributed by atoms with Crippen LogP contribution in [0.5, 0.6) is 0 Å². The van der Waals surface area contributed by atoms with E-state index < -0.39 is 0 Å². The molecule has 2 amide bonds. The van der Waals surface area contributed by atoms with Gasteiger partial charge in [-0.1, -0.05) is 30.3 Å². The second-order valence-electron chi connectivity index (χ2n) is 5.27. The zero-order valence-electron chi connectivity index (χ0n) is 13.4. The summed E-state index contributed by atoms with van der Waals surface area (Å²) in [5.74, 6) is -0.0817. The fourth-order valence-electron chi connectivity index (χ4n) is 2.22. The lowest BCUT2D eigenvalue weighted by molar-refractivity contribution is -0.116. The number of hydrogen-bond acceptors (Lipinski definition) is 4. The molecular weight excluding hydrogens is 318 g/mol. The van der Waals surface area contributed by atoms with Gasteiger partial charge in [0, 0.05) is 30.8 Å². The number of nitrogens with zero attached hydrogens (tertiary/aromatic N) is 1. The number of para-hydroxylation sites is 2. The first kappa shape index (κ1) is 16.4. The summed E-state index contributed by atoms with van der Waals surface area (Å²) in [5.41, 5.74) is 2.00. The molecule has 1 aromatic heterocycles. The van der Waals surface area contributed by atoms with Crippen LogP contribution in [0.3, 0.4) is 0 Å². The van der Waals surface area contributed by atoms with E-state index in [2.05, 4.69) is 15.6 Å². The molecule has 0 unspecified atom stereocenters. The zero-order valence-corrected chi connectivity index (χ0v) is 13.4. The quantitative estimate of drug-likeness (QED) is 0.535. The van der Waals surface area contributed by atoms with E-state index in [9.17, 15) is 9.59 Å². The van der Waals surface area contributed by atoms with Gasteiger partial charge in [0.15, 0.2) is 5.58 Å². The van der Waals surface area contributed by atoms with Crippen LogP contribution in [0.1, 0.15) is 16.2 Å².